The van der Waals surface area contributed by atoms with Crippen molar-refractivity contribution in [3.63, 3.8) is 0 Å². The number of aliphatic hydroxyl groups excluding tert-OH is 2. The molecule has 0 saturated carbocycles. The van der Waals surface area contributed by atoms with Crippen molar-refractivity contribution in [3.8, 4) is 5.75 Å². The summed E-state index contributed by atoms with van der Waals surface area (Å²) in [5.74, 6) is -0.00449. The molecule has 1 aromatic rings. The summed E-state index contributed by atoms with van der Waals surface area (Å²) in [6.07, 6.45) is -0.883. The van der Waals surface area contributed by atoms with Crippen LogP contribution in [0.2, 0.25) is 0 Å². The summed E-state index contributed by atoms with van der Waals surface area (Å²) in [7, 11) is 0. The average Bonchev–Trinajstić information content (AvgIpc) is 2.17. The van der Waals surface area contributed by atoms with Gasteiger partial charge in [-0.05, 0) is 17.7 Å². The van der Waals surface area contributed by atoms with Gasteiger partial charge in [0.2, 0.25) is 0 Å². The lowest BCUT2D eigenvalue weighted by Crippen LogP contribution is -2.11. The van der Waals surface area contributed by atoms with E-state index < -0.39 is 6.10 Å². The highest BCUT2D eigenvalue weighted by molar-refractivity contribution is 5.37. The summed E-state index contributed by atoms with van der Waals surface area (Å²) < 4.78 is 0. The summed E-state index contributed by atoms with van der Waals surface area (Å²) in [5.41, 5.74) is 6.24. The lowest BCUT2D eigenvalue weighted by atomic mass is 10.1. The van der Waals surface area contributed by atoms with Crippen LogP contribution in [0.5, 0.6) is 5.75 Å². The Morgan fingerprint density at radius 2 is 2.08 bits per heavy atom. The van der Waals surface area contributed by atoms with Crippen LogP contribution in [0.15, 0.2) is 18.2 Å². The molecule has 5 N–H and O–H groups in total. The van der Waals surface area contributed by atoms with Crippen LogP contribution in [0.25, 0.3) is 0 Å². The van der Waals surface area contributed by atoms with Crippen LogP contribution in [0.1, 0.15) is 17.2 Å². The molecule has 1 unspecified atom stereocenters. The molecule has 0 aliphatic heterocycles. The van der Waals surface area contributed by atoms with Crippen molar-refractivity contribution < 1.29 is 15.3 Å². The van der Waals surface area contributed by atoms with Crippen LogP contribution in [-0.4, -0.2) is 21.9 Å². The molecular formula is C9H13NO3. The minimum atomic E-state index is -0.883. The molecule has 1 aromatic carbocycles. The highest BCUT2D eigenvalue weighted by atomic mass is 16.3. The Hall–Kier alpha value is -1.10. The molecule has 0 aliphatic carbocycles. The Morgan fingerprint density at radius 1 is 1.38 bits per heavy atom. The predicted octanol–water partition coefficient (Wildman–Crippen LogP) is -0.123. The van der Waals surface area contributed by atoms with Gasteiger partial charge in [-0.2, -0.15) is 0 Å². The van der Waals surface area contributed by atoms with Gasteiger partial charge >= 0.3 is 0 Å². The lowest BCUT2D eigenvalue weighted by molar-refractivity contribution is 0.182. The van der Waals surface area contributed by atoms with E-state index in [9.17, 15) is 10.2 Å². The average molecular weight is 183 g/mol. The van der Waals surface area contributed by atoms with E-state index in [1.807, 2.05) is 0 Å². The number of phenolic OH excluding ortho intramolecular Hbond substituents is 1. The highest BCUT2D eigenvalue weighted by Crippen LogP contribution is 2.24. The van der Waals surface area contributed by atoms with Crippen LogP contribution in [0, 0.1) is 0 Å². The van der Waals surface area contributed by atoms with Gasteiger partial charge in [0.1, 0.15) is 5.75 Å². The Balaban J connectivity index is 3.03. The lowest BCUT2D eigenvalue weighted by Gasteiger charge is -2.11. The van der Waals surface area contributed by atoms with Crippen LogP contribution in [0.3, 0.4) is 0 Å². The smallest absolute Gasteiger partial charge is 0.121 e. The first-order valence-electron chi connectivity index (χ1n) is 3.99. The van der Waals surface area contributed by atoms with Crippen molar-refractivity contribution in [3.05, 3.63) is 29.3 Å². The van der Waals surface area contributed by atoms with E-state index in [1.165, 1.54) is 12.1 Å². The highest BCUT2D eigenvalue weighted by Gasteiger charge is 2.10. The second-order valence-corrected chi connectivity index (χ2v) is 2.80. The molecule has 13 heavy (non-hydrogen) atoms. The van der Waals surface area contributed by atoms with Crippen molar-refractivity contribution in [2.45, 2.75) is 12.7 Å². The standard InChI is InChI=1S/C9H13NO3/c10-4-9(13)7-3-6(5-11)1-2-8(7)12/h1-3,9,11-13H,4-5,10H2. The molecule has 0 aromatic heterocycles. The zero-order valence-electron chi connectivity index (χ0n) is 7.14. The van der Waals surface area contributed by atoms with E-state index in [0.29, 0.717) is 11.1 Å². The van der Waals surface area contributed by atoms with Crippen LogP contribution in [0.4, 0.5) is 0 Å². The summed E-state index contributed by atoms with van der Waals surface area (Å²) in [6, 6.07) is 4.55. The quantitative estimate of drug-likeness (QED) is 0.526. The Labute approximate surface area is 76.2 Å². The second kappa shape index (κ2) is 4.23. The van der Waals surface area contributed by atoms with Crippen LogP contribution < -0.4 is 5.73 Å². The van der Waals surface area contributed by atoms with Gasteiger partial charge in [-0.25, -0.2) is 0 Å². The largest absolute Gasteiger partial charge is 0.508 e. The zero-order chi connectivity index (χ0) is 9.84. The number of hydrogen-bond acceptors (Lipinski definition) is 4. The van der Waals surface area contributed by atoms with Gasteiger partial charge in [0.25, 0.3) is 0 Å². The van der Waals surface area contributed by atoms with E-state index in [2.05, 4.69) is 0 Å². The van der Waals surface area contributed by atoms with Crippen molar-refractivity contribution in [2.75, 3.05) is 6.54 Å². The molecule has 72 valence electrons. The first-order chi connectivity index (χ1) is 6.19. The molecule has 1 rings (SSSR count). The van der Waals surface area contributed by atoms with Crippen LogP contribution in [-0.2, 0) is 6.61 Å². The van der Waals surface area contributed by atoms with Gasteiger partial charge in [0.05, 0.1) is 12.7 Å². The van der Waals surface area contributed by atoms with Crippen molar-refractivity contribution in [2.24, 2.45) is 5.73 Å². The molecule has 0 saturated heterocycles. The fraction of sp³-hybridized carbons (Fsp3) is 0.333. The molecule has 1 atom stereocenters. The first kappa shape index (κ1) is 9.98. The Morgan fingerprint density at radius 3 is 2.62 bits per heavy atom. The number of nitrogens with two attached hydrogens (primary N) is 1. The number of phenols is 1. The molecule has 0 heterocycles. The Kier molecular flexibility index (Phi) is 3.25. The Bertz CT molecular complexity index is 288. The summed E-state index contributed by atoms with van der Waals surface area (Å²) in [5, 5.41) is 27.5. The first-order valence-corrected chi connectivity index (χ1v) is 3.99. The van der Waals surface area contributed by atoms with E-state index in [1.54, 1.807) is 6.07 Å². The third-order valence-corrected chi connectivity index (χ3v) is 1.86. The van der Waals surface area contributed by atoms with E-state index in [0.717, 1.165) is 0 Å². The minimum Gasteiger partial charge on any atom is -0.508 e. The van der Waals surface area contributed by atoms with Gasteiger partial charge in [-0.15, -0.1) is 0 Å². The van der Waals surface area contributed by atoms with Gasteiger partial charge in [0, 0.05) is 12.1 Å². The van der Waals surface area contributed by atoms with E-state index in [-0.39, 0.29) is 18.9 Å². The number of benzene rings is 1. The predicted molar refractivity (Wildman–Crippen MR) is 48.0 cm³/mol. The molecule has 0 bridgehead atoms. The topological polar surface area (TPSA) is 86.7 Å². The number of aliphatic hydroxyl groups is 2. The van der Waals surface area contributed by atoms with Gasteiger partial charge in [-0.3, -0.25) is 0 Å². The molecule has 0 amide bonds. The third kappa shape index (κ3) is 2.18. The second-order valence-electron chi connectivity index (χ2n) is 2.80. The molecular weight excluding hydrogens is 170 g/mol. The van der Waals surface area contributed by atoms with E-state index in [4.69, 9.17) is 10.8 Å². The van der Waals surface area contributed by atoms with Gasteiger partial charge in [0.15, 0.2) is 0 Å². The van der Waals surface area contributed by atoms with Gasteiger partial charge < -0.3 is 21.1 Å². The normalized spacial score (nSPS) is 12.8. The maximum atomic E-state index is 9.36. The fourth-order valence-electron chi connectivity index (χ4n) is 1.10. The molecule has 0 fully saturated rings. The SMILES string of the molecule is NCC(O)c1cc(CO)ccc1O. The van der Waals surface area contributed by atoms with Crippen LogP contribution >= 0.6 is 0 Å². The van der Waals surface area contributed by atoms with E-state index >= 15 is 0 Å². The maximum Gasteiger partial charge on any atom is 0.121 e. The monoisotopic (exact) mass is 183 g/mol. The molecule has 4 heteroatoms. The summed E-state index contributed by atoms with van der Waals surface area (Å²) in [4.78, 5) is 0. The molecule has 0 aliphatic rings. The summed E-state index contributed by atoms with van der Waals surface area (Å²) >= 11 is 0. The molecule has 0 spiro atoms. The number of aromatic hydroxyl groups is 1. The molecule has 4 nitrogen and oxygen atoms in total. The number of rotatable bonds is 3. The molecule has 0 radical (unpaired) electrons. The number of hydrogen-bond donors (Lipinski definition) is 4. The third-order valence-electron chi connectivity index (χ3n) is 1.86. The van der Waals surface area contributed by atoms with Gasteiger partial charge in [-0.1, -0.05) is 6.07 Å². The van der Waals surface area contributed by atoms with Crippen molar-refractivity contribution in [1.82, 2.24) is 0 Å². The fourth-order valence-corrected chi connectivity index (χ4v) is 1.10. The summed E-state index contributed by atoms with van der Waals surface area (Å²) in [6.45, 7) is -0.0764. The zero-order valence-corrected chi connectivity index (χ0v) is 7.14. The van der Waals surface area contributed by atoms with Crippen molar-refractivity contribution in [1.29, 1.82) is 0 Å². The van der Waals surface area contributed by atoms with Crippen molar-refractivity contribution >= 4 is 0 Å². The minimum absolute atomic E-state index is 0.00449. The maximum absolute atomic E-state index is 9.36.